The van der Waals surface area contributed by atoms with Crippen molar-refractivity contribution in [2.45, 2.75) is 6.92 Å². The van der Waals surface area contributed by atoms with Gasteiger partial charge in [-0.2, -0.15) is 0 Å². The number of carbonyl (C=O) groups excluding carboxylic acids is 1. The number of anilines is 1. The lowest BCUT2D eigenvalue weighted by atomic mass is 10.2. The van der Waals surface area contributed by atoms with Gasteiger partial charge in [0.05, 0.1) is 5.69 Å². The summed E-state index contributed by atoms with van der Waals surface area (Å²) in [6.45, 7) is 3.42. The van der Waals surface area contributed by atoms with E-state index >= 15 is 0 Å². The lowest BCUT2D eigenvalue weighted by Crippen LogP contribution is -2.28. The molecule has 0 unspecified atom stereocenters. The molecule has 0 radical (unpaired) electrons. The third kappa shape index (κ3) is 2.03. The predicted octanol–water partition coefficient (Wildman–Crippen LogP) is 3.05. The van der Waals surface area contributed by atoms with Crippen LogP contribution in [0.2, 0.25) is 0 Å². The quantitative estimate of drug-likeness (QED) is 0.841. The van der Waals surface area contributed by atoms with Crippen LogP contribution in [-0.4, -0.2) is 19.1 Å². The zero-order valence-corrected chi connectivity index (χ0v) is 11.4. The summed E-state index contributed by atoms with van der Waals surface area (Å²) in [7, 11) is 0. The summed E-state index contributed by atoms with van der Waals surface area (Å²) in [5.74, 6) is 0. The number of urea groups is 1. The van der Waals surface area contributed by atoms with Gasteiger partial charge in [-0.1, -0.05) is 0 Å². The maximum atomic E-state index is 11.5. The van der Waals surface area contributed by atoms with E-state index in [1.807, 2.05) is 19.1 Å². The van der Waals surface area contributed by atoms with Gasteiger partial charge in [0.15, 0.2) is 0 Å². The summed E-state index contributed by atoms with van der Waals surface area (Å²) in [5, 5.41) is 2.78. The SMILES string of the molecule is Cc1cc(Br)c(N2CCNC2=O)c(Br)c1. The van der Waals surface area contributed by atoms with E-state index in [2.05, 4.69) is 37.2 Å². The summed E-state index contributed by atoms with van der Waals surface area (Å²) in [5.41, 5.74) is 2.05. The summed E-state index contributed by atoms with van der Waals surface area (Å²) >= 11 is 6.97. The molecule has 2 amide bonds. The van der Waals surface area contributed by atoms with Crippen LogP contribution >= 0.6 is 31.9 Å². The lowest BCUT2D eigenvalue weighted by Gasteiger charge is -2.18. The molecule has 80 valence electrons. The van der Waals surface area contributed by atoms with Gasteiger partial charge in [0.2, 0.25) is 0 Å². The Kier molecular flexibility index (Phi) is 3.02. The van der Waals surface area contributed by atoms with Crippen LogP contribution in [0.3, 0.4) is 0 Å². The van der Waals surface area contributed by atoms with Gasteiger partial charge in [-0.15, -0.1) is 0 Å². The molecule has 1 aromatic carbocycles. The minimum absolute atomic E-state index is 0.0414. The van der Waals surface area contributed by atoms with Gasteiger partial charge in [0, 0.05) is 22.0 Å². The van der Waals surface area contributed by atoms with Crippen molar-refractivity contribution in [1.29, 1.82) is 0 Å². The van der Waals surface area contributed by atoms with Crippen molar-refractivity contribution >= 4 is 43.6 Å². The fourth-order valence-electron chi connectivity index (χ4n) is 1.64. The molecule has 1 aliphatic heterocycles. The lowest BCUT2D eigenvalue weighted by molar-refractivity contribution is 0.252. The van der Waals surface area contributed by atoms with Crippen molar-refractivity contribution in [2.24, 2.45) is 0 Å². The van der Waals surface area contributed by atoms with Gasteiger partial charge in [-0.3, -0.25) is 4.90 Å². The van der Waals surface area contributed by atoms with Crippen molar-refractivity contribution in [2.75, 3.05) is 18.0 Å². The van der Waals surface area contributed by atoms with E-state index in [1.165, 1.54) is 0 Å². The number of hydrogen-bond acceptors (Lipinski definition) is 1. The number of benzene rings is 1. The van der Waals surface area contributed by atoms with E-state index in [0.717, 1.165) is 20.2 Å². The second kappa shape index (κ2) is 4.14. The number of amides is 2. The minimum Gasteiger partial charge on any atom is -0.336 e. The largest absolute Gasteiger partial charge is 0.336 e. The Hall–Kier alpha value is -0.550. The Morgan fingerprint density at radius 1 is 1.33 bits per heavy atom. The molecule has 3 nitrogen and oxygen atoms in total. The van der Waals surface area contributed by atoms with E-state index in [9.17, 15) is 4.79 Å². The normalized spacial score (nSPS) is 15.7. The Morgan fingerprint density at radius 3 is 2.40 bits per heavy atom. The maximum Gasteiger partial charge on any atom is 0.322 e. The molecule has 0 spiro atoms. The molecule has 1 aromatic rings. The van der Waals surface area contributed by atoms with Gasteiger partial charge < -0.3 is 5.32 Å². The first-order chi connectivity index (χ1) is 7.09. The Labute approximate surface area is 105 Å². The molecular formula is C10H10Br2N2O. The number of hydrogen-bond donors (Lipinski definition) is 1. The first kappa shape index (κ1) is 11.0. The Bertz CT molecular complexity index is 397. The molecule has 1 N–H and O–H groups in total. The average Bonchev–Trinajstić information content (AvgIpc) is 2.50. The average molecular weight is 334 g/mol. The summed E-state index contributed by atoms with van der Waals surface area (Å²) in [4.78, 5) is 13.3. The first-order valence-electron chi connectivity index (χ1n) is 4.60. The van der Waals surface area contributed by atoms with Gasteiger partial charge in [0.25, 0.3) is 0 Å². The summed E-state index contributed by atoms with van der Waals surface area (Å²) in [6, 6.07) is 3.97. The van der Waals surface area contributed by atoms with Crippen molar-refractivity contribution in [1.82, 2.24) is 5.32 Å². The molecule has 0 aromatic heterocycles. The third-order valence-corrected chi connectivity index (χ3v) is 3.50. The first-order valence-corrected chi connectivity index (χ1v) is 6.19. The topological polar surface area (TPSA) is 32.3 Å². The highest BCUT2D eigenvalue weighted by Gasteiger charge is 2.24. The zero-order valence-electron chi connectivity index (χ0n) is 8.18. The molecule has 0 aliphatic carbocycles. The maximum absolute atomic E-state index is 11.5. The van der Waals surface area contributed by atoms with Crippen LogP contribution in [0.5, 0.6) is 0 Å². The fourth-order valence-corrected chi connectivity index (χ4v) is 3.48. The molecule has 0 atom stereocenters. The molecule has 0 saturated carbocycles. The van der Waals surface area contributed by atoms with E-state index in [4.69, 9.17) is 0 Å². The zero-order chi connectivity index (χ0) is 11.0. The highest BCUT2D eigenvalue weighted by Crippen LogP contribution is 2.36. The van der Waals surface area contributed by atoms with Crippen LogP contribution in [0.4, 0.5) is 10.5 Å². The van der Waals surface area contributed by atoms with Gasteiger partial charge >= 0.3 is 6.03 Å². The van der Waals surface area contributed by atoms with Crippen LogP contribution in [0, 0.1) is 6.92 Å². The highest BCUT2D eigenvalue weighted by atomic mass is 79.9. The van der Waals surface area contributed by atoms with Crippen molar-refractivity contribution in [3.63, 3.8) is 0 Å². The van der Waals surface area contributed by atoms with Crippen LogP contribution < -0.4 is 10.2 Å². The van der Waals surface area contributed by atoms with E-state index < -0.39 is 0 Å². The Balaban J connectivity index is 2.47. The number of nitrogens with zero attached hydrogens (tertiary/aromatic N) is 1. The number of aryl methyl sites for hydroxylation is 1. The molecule has 5 heteroatoms. The van der Waals surface area contributed by atoms with Crippen LogP contribution in [0.25, 0.3) is 0 Å². The smallest absolute Gasteiger partial charge is 0.322 e. The summed E-state index contributed by atoms with van der Waals surface area (Å²) < 4.78 is 1.87. The molecular weight excluding hydrogens is 324 g/mol. The molecule has 1 heterocycles. The molecule has 1 saturated heterocycles. The standard InChI is InChI=1S/C10H10Br2N2O/c1-6-4-7(11)9(8(12)5-6)14-3-2-13-10(14)15/h4-5H,2-3H2,1H3,(H,13,15). The number of carbonyl (C=O) groups is 1. The molecule has 1 aliphatic rings. The fraction of sp³-hybridized carbons (Fsp3) is 0.300. The van der Waals surface area contributed by atoms with Gasteiger partial charge in [-0.25, -0.2) is 4.79 Å². The molecule has 0 bridgehead atoms. The monoisotopic (exact) mass is 332 g/mol. The van der Waals surface area contributed by atoms with Crippen LogP contribution in [0.15, 0.2) is 21.1 Å². The van der Waals surface area contributed by atoms with Crippen LogP contribution in [-0.2, 0) is 0 Å². The van der Waals surface area contributed by atoms with Gasteiger partial charge in [-0.05, 0) is 56.5 Å². The number of halogens is 2. The number of rotatable bonds is 1. The van der Waals surface area contributed by atoms with Crippen LogP contribution in [0.1, 0.15) is 5.56 Å². The molecule has 1 fully saturated rings. The third-order valence-electron chi connectivity index (χ3n) is 2.29. The predicted molar refractivity (Wildman–Crippen MR) is 67.3 cm³/mol. The second-order valence-electron chi connectivity index (χ2n) is 3.46. The Morgan fingerprint density at radius 2 is 1.93 bits per heavy atom. The van der Waals surface area contributed by atoms with E-state index in [0.29, 0.717) is 13.1 Å². The van der Waals surface area contributed by atoms with Crippen molar-refractivity contribution in [3.05, 3.63) is 26.6 Å². The minimum atomic E-state index is -0.0414. The molecule has 2 rings (SSSR count). The second-order valence-corrected chi connectivity index (χ2v) is 5.17. The number of nitrogens with one attached hydrogen (secondary N) is 1. The van der Waals surface area contributed by atoms with Gasteiger partial charge in [0.1, 0.15) is 0 Å². The molecule has 15 heavy (non-hydrogen) atoms. The van der Waals surface area contributed by atoms with Crippen molar-refractivity contribution in [3.8, 4) is 0 Å². The highest BCUT2D eigenvalue weighted by molar-refractivity contribution is 9.11. The van der Waals surface area contributed by atoms with Crippen molar-refractivity contribution < 1.29 is 4.79 Å². The van der Waals surface area contributed by atoms with E-state index in [-0.39, 0.29) is 6.03 Å². The van der Waals surface area contributed by atoms with E-state index in [1.54, 1.807) is 4.90 Å². The summed E-state index contributed by atoms with van der Waals surface area (Å²) in [6.07, 6.45) is 0.